The highest BCUT2D eigenvalue weighted by molar-refractivity contribution is 8.01. The summed E-state index contributed by atoms with van der Waals surface area (Å²) in [5.74, 6) is 0.452. The predicted molar refractivity (Wildman–Crippen MR) is 85.2 cm³/mol. The Labute approximate surface area is 133 Å². The Morgan fingerprint density at radius 1 is 1.45 bits per heavy atom. The molecule has 1 aromatic carbocycles. The summed E-state index contributed by atoms with van der Waals surface area (Å²) in [6.07, 6.45) is 1.83. The van der Waals surface area contributed by atoms with Gasteiger partial charge in [-0.25, -0.2) is 4.98 Å². The second-order valence-corrected chi connectivity index (χ2v) is 6.89. The molecule has 0 aliphatic rings. The molecule has 9 heteroatoms. The summed E-state index contributed by atoms with van der Waals surface area (Å²) in [6.45, 7) is 0.214. The van der Waals surface area contributed by atoms with Crippen molar-refractivity contribution in [3.8, 4) is 0 Å². The molecule has 0 bridgehead atoms. The molecule has 7 nitrogen and oxygen atoms in total. The number of rotatable bonds is 6. The van der Waals surface area contributed by atoms with E-state index in [1.54, 1.807) is 11.3 Å². The molecule has 0 radical (unpaired) electrons. The van der Waals surface area contributed by atoms with Crippen molar-refractivity contribution in [1.29, 1.82) is 0 Å². The first-order chi connectivity index (χ1) is 10.6. The Kier molecular flexibility index (Phi) is 4.36. The first-order valence-corrected chi connectivity index (χ1v) is 8.25. The number of fused-ring (bicyclic) bond motifs is 1. The van der Waals surface area contributed by atoms with Gasteiger partial charge in [0.25, 0.3) is 0 Å². The van der Waals surface area contributed by atoms with Crippen molar-refractivity contribution < 1.29 is 10.0 Å². The average Bonchev–Trinajstić information content (AvgIpc) is 3.11. The lowest BCUT2D eigenvalue weighted by molar-refractivity contribution is -0.385. The number of nitrogens with zero attached hydrogens (tertiary/aromatic N) is 4. The van der Waals surface area contributed by atoms with Gasteiger partial charge in [0, 0.05) is 5.75 Å². The topological polar surface area (TPSA) is 94.1 Å². The Hall–Kier alpha value is -1.97. The van der Waals surface area contributed by atoms with E-state index < -0.39 is 11.0 Å². The van der Waals surface area contributed by atoms with Gasteiger partial charge in [0.1, 0.15) is 12.4 Å². The summed E-state index contributed by atoms with van der Waals surface area (Å²) >= 11 is 3.05. The smallest absolute Gasteiger partial charge is 0.306 e. The lowest BCUT2D eigenvalue weighted by Crippen LogP contribution is -2.18. The number of aliphatic hydroxyl groups excluding tert-OH is 1. The molecule has 0 aliphatic carbocycles. The zero-order chi connectivity index (χ0) is 15.5. The van der Waals surface area contributed by atoms with Gasteiger partial charge in [-0.2, -0.15) is 5.10 Å². The van der Waals surface area contributed by atoms with Gasteiger partial charge >= 0.3 is 5.69 Å². The molecule has 22 heavy (non-hydrogen) atoms. The minimum absolute atomic E-state index is 0.0778. The van der Waals surface area contributed by atoms with E-state index in [1.165, 1.54) is 28.8 Å². The Balaban J connectivity index is 1.57. The third-order valence-electron chi connectivity index (χ3n) is 2.90. The van der Waals surface area contributed by atoms with Gasteiger partial charge in [-0.1, -0.05) is 23.9 Å². The number of thioether (sulfide) groups is 1. The van der Waals surface area contributed by atoms with Crippen LogP contribution >= 0.6 is 23.1 Å². The van der Waals surface area contributed by atoms with Crippen LogP contribution in [0.5, 0.6) is 0 Å². The number of nitro groups is 1. The molecule has 2 aromatic heterocycles. The van der Waals surface area contributed by atoms with E-state index in [0.29, 0.717) is 5.75 Å². The number of thiazole rings is 1. The predicted octanol–water partition coefficient (Wildman–Crippen LogP) is 2.55. The van der Waals surface area contributed by atoms with E-state index >= 15 is 0 Å². The quantitative estimate of drug-likeness (QED) is 0.422. The molecule has 0 saturated carbocycles. The fourth-order valence-electron chi connectivity index (χ4n) is 1.90. The summed E-state index contributed by atoms with van der Waals surface area (Å²) in [7, 11) is 0. The lowest BCUT2D eigenvalue weighted by atomic mass is 10.3. The molecular formula is C13H12N4O3S2. The highest BCUT2D eigenvalue weighted by Gasteiger charge is 2.13. The second-order valence-electron chi connectivity index (χ2n) is 4.59. The zero-order valence-corrected chi connectivity index (χ0v) is 13.0. The average molecular weight is 336 g/mol. The van der Waals surface area contributed by atoms with Crippen molar-refractivity contribution in [3.63, 3.8) is 0 Å². The summed E-state index contributed by atoms with van der Waals surface area (Å²) < 4.78 is 3.38. The Morgan fingerprint density at radius 2 is 2.27 bits per heavy atom. The van der Waals surface area contributed by atoms with Crippen molar-refractivity contribution in [2.24, 2.45) is 0 Å². The standard InChI is InChI=1S/C13H12N4O3S2/c18-10(7-16-6-9(5-14-16)17(19)20)8-21-13-15-11-3-1-2-4-12(11)22-13/h1-6,10,18H,7-8H2/t10-/m1/s1. The molecule has 0 unspecified atom stereocenters. The van der Waals surface area contributed by atoms with Crippen LogP contribution in [0.15, 0.2) is 41.0 Å². The van der Waals surface area contributed by atoms with Crippen LogP contribution in [-0.2, 0) is 6.54 Å². The van der Waals surface area contributed by atoms with Crippen molar-refractivity contribution in [2.45, 2.75) is 17.0 Å². The van der Waals surface area contributed by atoms with Gasteiger partial charge in [0.15, 0.2) is 4.34 Å². The Bertz CT molecular complexity index is 768. The second kappa shape index (κ2) is 6.42. The number of hydrogen-bond acceptors (Lipinski definition) is 7. The highest BCUT2D eigenvalue weighted by atomic mass is 32.2. The molecule has 114 valence electrons. The van der Waals surface area contributed by atoms with Gasteiger partial charge in [-0.05, 0) is 12.1 Å². The number of hydrogen-bond donors (Lipinski definition) is 1. The molecule has 0 saturated heterocycles. The summed E-state index contributed by atoms with van der Waals surface area (Å²) in [5, 5.41) is 24.4. The molecule has 0 fully saturated rings. The molecule has 2 heterocycles. The SMILES string of the molecule is O=[N+]([O-])c1cnn(C[C@@H](O)CSc2nc3ccccc3s2)c1. The molecule has 3 rings (SSSR count). The van der Waals surface area contributed by atoms with Gasteiger partial charge in [0.05, 0.1) is 27.8 Å². The van der Waals surface area contributed by atoms with E-state index in [1.807, 2.05) is 24.3 Å². The summed E-state index contributed by atoms with van der Waals surface area (Å²) in [6, 6.07) is 7.87. The maximum absolute atomic E-state index is 10.6. The van der Waals surface area contributed by atoms with Crippen LogP contribution in [0.25, 0.3) is 10.2 Å². The molecule has 0 amide bonds. The van der Waals surface area contributed by atoms with Crippen LogP contribution in [-0.4, -0.2) is 36.7 Å². The van der Waals surface area contributed by atoms with Crippen molar-refractivity contribution >= 4 is 39.0 Å². The fourth-order valence-corrected chi connectivity index (χ4v) is 3.91. The Morgan fingerprint density at radius 3 is 3.00 bits per heavy atom. The summed E-state index contributed by atoms with van der Waals surface area (Å²) in [4.78, 5) is 14.5. The van der Waals surface area contributed by atoms with E-state index in [4.69, 9.17) is 0 Å². The number of aliphatic hydroxyl groups is 1. The number of benzene rings is 1. The van der Waals surface area contributed by atoms with Gasteiger partial charge in [0.2, 0.25) is 0 Å². The lowest BCUT2D eigenvalue weighted by Gasteiger charge is -2.08. The third-order valence-corrected chi connectivity index (χ3v) is 5.23. The van der Waals surface area contributed by atoms with Crippen molar-refractivity contribution in [1.82, 2.24) is 14.8 Å². The highest BCUT2D eigenvalue weighted by Crippen LogP contribution is 2.29. The number of aromatic nitrogens is 3. The first kappa shape index (κ1) is 14.9. The van der Waals surface area contributed by atoms with E-state index in [9.17, 15) is 15.2 Å². The van der Waals surface area contributed by atoms with Crippen LogP contribution < -0.4 is 0 Å². The molecular weight excluding hydrogens is 324 g/mol. The normalized spacial score (nSPS) is 12.6. The monoisotopic (exact) mass is 336 g/mol. The minimum Gasteiger partial charge on any atom is -0.390 e. The largest absolute Gasteiger partial charge is 0.390 e. The molecule has 0 aliphatic heterocycles. The maximum atomic E-state index is 10.6. The minimum atomic E-state index is -0.656. The van der Waals surface area contributed by atoms with Gasteiger partial charge < -0.3 is 5.11 Å². The van der Waals surface area contributed by atoms with E-state index in [0.717, 1.165) is 14.6 Å². The van der Waals surface area contributed by atoms with Crippen LogP contribution in [0.4, 0.5) is 5.69 Å². The van der Waals surface area contributed by atoms with Crippen LogP contribution in [0.2, 0.25) is 0 Å². The first-order valence-electron chi connectivity index (χ1n) is 6.45. The molecule has 1 N–H and O–H groups in total. The van der Waals surface area contributed by atoms with Gasteiger partial charge in [-0.15, -0.1) is 11.3 Å². The number of para-hydroxylation sites is 1. The zero-order valence-electron chi connectivity index (χ0n) is 11.3. The molecule has 0 spiro atoms. The summed E-state index contributed by atoms with van der Waals surface area (Å²) in [5.41, 5.74) is 0.873. The van der Waals surface area contributed by atoms with Crippen molar-refractivity contribution in [2.75, 3.05) is 5.75 Å². The van der Waals surface area contributed by atoms with Crippen LogP contribution in [0.1, 0.15) is 0 Å². The van der Waals surface area contributed by atoms with E-state index in [-0.39, 0.29) is 12.2 Å². The molecule has 3 aromatic rings. The van der Waals surface area contributed by atoms with Crippen LogP contribution in [0.3, 0.4) is 0 Å². The molecule has 1 atom stereocenters. The fraction of sp³-hybridized carbons (Fsp3) is 0.231. The van der Waals surface area contributed by atoms with E-state index in [2.05, 4.69) is 10.1 Å². The maximum Gasteiger partial charge on any atom is 0.306 e. The van der Waals surface area contributed by atoms with Gasteiger partial charge in [-0.3, -0.25) is 14.8 Å². The van der Waals surface area contributed by atoms with Crippen molar-refractivity contribution in [3.05, 3.63) is 46.8 Å². The third kappa shape index (κ3) is 3.43. The van der Waals surface area contributed by atoms with Crippen LogP contribution in [0, 0.1) is 10.1 Å².